The highest BCUT2D eigenvalue weighted by atomic mass is 79.9. The lowest BCUT2D eigenvalue weighted by Crippen LogP contribution is -2.34. The second-order valence-electron chi connectivity index (χ2n) is 7.23. The molecule has 0 saturated heterocycles. The Labute approximate surface area is 187 Å². The molecule has 0 aromatic heterocycles. The number of rotatable bonds is 8. The molecule has 2 rings (SSSR count). The van der Waals surface area contributed by atoms with E-state index in [1.807, 2.05) is 26.0 Å². The number of hydrogen-bond acceptors (Lipinski definition) is 3. The van der Waals surface area contributed by atoms with Crippen molar-refractivity contribution in [2.75, 3.05) is 11.9 Å². The Morgan fingerprint density at radius 3 is 2.41 bits per heavy atom. The molecule has 0 aliphatic carbocycles. The molecule has 4 nitrogen and oxygen atoms in total. The smallest absolute Gasteiger partial charge is 0.261 e. The van der Waals surface area contributed by atoms with Crippen molar-refractivity contribution in [3.63, 3.8) is 0 Å². The maximum atomic E-state index is 12.8. The number of hydrogen-bond donors (Lipinski definition) is 2. The number of ether oxygens (including phenoxy) is 1. The van der Waals surface area contributed by atoms with E-state index in [1.165, 1.54) is 18.4 Å². The fourth-order valence-corrected chi connectivity index (χ4v) is 3.76. The summed E-state index contributed by atoms with van der Waals surface area (Å²) in [5.41, 5.74) is 4.73. The maximum absolute atomic E-state index is 12.8. The van der Waals surface area contributed by atoms with Crippen molar-refractivity contribution >= 4 is 44.9 Å². The van der Waals surface area contributed by atoms with Crippen molar-refractivity contribution in [3.8, 4) is 5.75 Å². The molecular formula is C23H29BrN2O2S. The quantitative estimate of drug-likeness (QED) is 0.339. The molecule has 0 saturated carbocycles. The number of thiocarbonyl (C=S) groups is 1. The first-order valence-electron chi connectivity index (χ1n) is 9.94. The molecule has 0 atom stereocenters. The standard InChI is InChI=1S/C23H29BrN2O2S/c1-5-6-7-8-11-28-20-10-9-18(24)14-19(20)22(27)26-23(29)25-21-16(3)12-15(2)13-17(21)4/h9-10,12-14H,5-8,11H2,1-4H3,(H2,25,26,27,29). The zero-order valence-corrected chi connectivity index (χ0v) is 19.9. The van der Waals surface area contributed by atoms with Crippen LogP contribution in [-0.2, 0) is 0 Å². The molecule has 0 unspecified atom stereocenters. The number of carbonyl (C=O) groups excluding carboxylic acids is 1. The predicted molar refractivity (Wildman–Crippen MR) is 128 cm³/mol. The Balaban J connectivity index is 2.06. The number of halogens is 1. The molecule has 2 N–H and O–H groups in total. The van der Waals surface area contributed by atoms with Crippen LogP contribution in [0.3, 0.4) is 0 Å². The van der Waals surface area contributed by atoms with Crippen LogP contribution >= 0.6 is 28.1 Å². The number of aryl methyl sites for hydroxylation is 3. The summed E-state index contributed by atoms with van der Waals surface area (Å²) >= 11 is 8.81. The van der Waals surface area contributed by atoms with Crippen LogP contribution in [0.5, 0.6) is 5.75 Å². The van der Waals surface area contributed by atoms with Gasteiger partial charge in [-0.1, -0.05) is 59.8 Å². The second-order valence-corrected chi connectivity index (χ2v) is 8.56. The van der Waals surface area contributed by atoms with Gasteiger partial charge in [-0.2, -0.15) is 0 Å². The summed E-state index contributed by atoms with van der Waals surface area (Å²) in [5, 5.41) is 6.19. The molecule has 2 aromatic rings. The molecule has 0 aliphatic rings. The third kappa shape index (κ3) is 7.12. The summed E-state index contributed by atoms with van der Waals surface area (Å²) in [6, 6.07) is 9.59. The Hall–Kier alpha value is -1.92. The highest BCUT2D eigenvalue weighted by Gasteiger charge is 2.16. The SMILES string of the molecule is CCCCCCOc1ccc(Br)cc1C(=O)NC(=S)Nc1c(C)cc(C)cc1C. The van der Waals surface area contributed by atoms with Gasteiger partial charge in [0, 0.05) is 10.2 Å². The van der Waals surface area contributed by atoms with Crippen molar-refractivity contribution in [3.05, 3.63) is 57.1 Å². The molecule has 2 aromatic carbocycles. The van der Waals surface area contributed by atoms with E-state index in [9.17, 15) is 4.79 Å². The van der Waals surface area contributed by atoms with Crippen molar-refractivity contribution in [1.82, 2.24) is 5.32 Å². The highest BCUT2D eigenvalue weighted by Crippen LogP contribution is 2.24. The molecule has 0 radical (unpaired) electrons. The number of unbranched alkanes of at least 4 members (excludes halogenated alkanes) is 3. The largest absolute Gasteiger partial charge is 0.493 e. The minimum absolute atomic E-state index is 0.263. The summed E-state index contributed by atoms with van der Waals surface area (Å²) in [7, 11) is 0. The van der Waals surface area contributed by atoms with Crippen LogP contribution in [0.25, 0.3) is 0 Å². The van der Waals surface area contributed by atoms with Gasteiger partial charge in [-0.05, 0) is 68.7 Å². The van der Waals surface area contributed by atoms with E-state index in [2.05, 4.69) is 52.5 Å². The number of carbonyl (C=O) groups is 1. The van der Waals surface area contributed by atoms with Gasteiger partial charge in [-0.25, -0.2) is 0 Å². The third-order valence-corrected chi connectivity index (χ3v) is 5.28. The topological polar surface area (TPSA) is 50.4 Å². The molecule has 6 heteroatoms. The number of anilines is 1. The van der Waals surface area contributed by atoms with Gasteiger partial charge < -0.3 is 10.1 Å². The first-order valence-corrected chi connectivity index (χ1v) is 11.1. The molecule has 29 heavy (non-hydrogen) atoms. The van der Waals surface area contributed by atoms with E-state index in [0.717, 1.165) is 34.1 Å². The van der Waals surface area contributed by atoms with Crippen LogP contribution in [-0.4, -0.2) is 17.6 Å². The zero-order chi connectivity index (χ0) is 21.4. The average Bonchev–Trinajstić information content (AvgIpc) is 2.65. The zero-order valence-electron chi connectivity index (χ0n) is 17.5. The summed E-state index contributed by atoms with van der Waals surface area (Å²) in [4.78, 5) is 12.8. The Kier molecular flexibility index (Phi) is 9.11. The number of benzene rings is 2. The van der Waals surface area contributed by atoms with Crippen LogP contribution in [0.4, 0.5) is 5.69 Å². The van der Waals surface area contributed by atoms with Crippen molar-refractivity contribution in [2.45, 2.75) is 53.4 Å². The van der Waals surface area contributed by atoms with Crippen LogP contribution in [0, 0.1) is 20.8 Å². The Bertz CT molecular complexity index is 860. The first-order chi connectivity index (χ1) is 13.8. The van der Waals surface area contributed by atoms with E-state index in [-0.39, 0.29) is 11.0 Å². The van der Waals surface area contributed by atoms with Crippen LogP contribution in [0.15, 0.2) is 34.8 Å². The molecule has 0 heterocycles. The second kappa shape index (κ2) is 11.3. The van der Waals surface area contributed by atoms with Crippen LogP contribution in [0.2, 0.25) is 0 Å². The molecule has 1 amide bonds. The summed E-state index contributed by atoms with van der Waals surface area (Å²) in [5.74, 6) is 0.266. The Morgan fingerprint density at radius 1 is 1.07 bits per heavy atom. The van der Waals surface area contributed by atoms with Gasteiger partial charge >= 0.3 is 0 Å². The molecule has 0 aliphatic heterocycles. The van der Waals surface area contributed by atoms with Crippen LogP contribution in [0.1, 0.15) is 59.7 Å². The van der Waals surface area contributed by atoms with E-state index in [1.54, 1.807) is 6.07 Å². The first kappa shape index (κ1) is 23.4. The highest BCUT2D eigenvalue weighted by molar-refractivity contribution is 9.10. The van der Waals surface area contributed by atoms with Gasteiger partial charge in [0.25, 0.3) is 5.91 Å². The van der Waals surface area contributed by atoms with Crippen LogP contribution < -0.4 is 15.4 Å². The lowest BCUT2D eigenvalue weighted by atomic mass is 10.1. The minimum atomic E-state index is -0.297. The lowest BCUT2D eigenvalue weighted by molar-refractivity contribution is 0.0973. The number of amides is 1. The summed E-state index contributed by atoms with van der Waals surface area (Å²) in [6.07, 6.45) is 4.46. The minimum Gasteiger partial charge on any atom is -0.493 e. The summed E-state index contributed by atoms with van der Waals surface area (Å²) in [6.45, 7) is 8.86. The van der Waals surface area contributed by atoms with Crippen molar-refractivity contribution < 1.29 is 9.53 Å². The molecule has 0 fully saturated rings. The molecule has 0 spiro atoms. The van der Waals surface area contributed by atoms with E-state index >= 15 is 0 Å². The molecule has 156 valence electrons. The summed E-state index contributed by atoms with van der Waals surface area (Å²) < 4.78 is 6.68. The van der Waals surface area contributed by atoms with Gasteiger partial charge in [0.15, 0.2) is 5.11 Å². The fraction of sp³-hybridized carbons (Fsp3) is 0.391. The van der Waals surface area contributed by atoms with Gasteiger partial charge in [-0.3, -0.25) is 10.1 Å². The lowest BCUT2D eigenvalue weighted by Gasteiger charge is -2.16. The number of nitrogens with one attached hydrogen (secondary N) is 2. The Morgan fingerprint density at radius 2 is 1.76 bits per heavy atom. The molecule has 0 bridgehead atoms. The van der Waals surface area contributed by atoms with Gasteiger partial charge in [0.2, 0.25) is 0 Å². The third-order valence-electron chi connectivity index (χ3n) is 4.58. The average molecular weight is 477 g/mol. The monoisotopic (exact) mass is 476 g/mol. The van der Waals surface area contributed by atoms with Gasteiger partial charge in [0.1, 0.15) is 5.75 Å². The maximum Gasteiger partial charge on any atom is 0.261 e. The predicted octanol–water partition coefficient (Wildman–Crippen LogP) is 6.46. The van der Waals surface area contributed by atoms with Crippen molar-refractivity contribution in [1.29, 1.82) is 0 Å². The van der Waals surface area contributed by atoms with E-state index in [4.69, 9.17) is 17.0 Å². The fourth-order valence-electron chi connectivity index (χ4n) is 3.21. The van der Waals surface area contributed by atoms with Crippen molar-refractivity contribution in [2.24, 2.45) is 0 Å². The normalized spacial score (nSPS) is 10.5. The molecular weight excluding hydrogens is 448 g/mol. The van der Waals surface area contributed by atoms with Gasteiger partial charge in [-0.15, -0.1) is 0 Å². The van der Waals surface area contributed by atoms with Gasteiger partial charge in [0.05, 0.1) is 12.2 Å². The van der Waals surface area contributed by atoms with E-state index in [0.29, 0.717) is 17.9 Å². The van der Waals surface area contributed by atoms with E-state index < -0.39 is 0 Å².